The summed E-state index contributed by atoms with van der Waals surface area (Å²) in [4.78, 5) is 13.6. The number of nitrogens with zero attached hydrogens (tertiary/aromatic N) is 1. The maximum absolute atomic E-state index is 13.6. The van der Waals surface area contributed by atoms with Crippen molar-refractivity contribution in [2.45, 2.75) is 83.6 Å². The molecular weight excluding hydrogens is 559 g/mol. The predicted octanol–water partition coefficient (Wildman–Crippen LogP) is 4.04. The van der Waals surface area contributed by atoms with E-state index in [-0.39, 0.29) is 41.8 Å². The molecule has 0 saturated carbocycles. The lowest BCUT2D eigenvalue weighted by molar-refractivity contribution is -0.917. The lowest BCUT2D eigenvalue weighted by atomic mass is 9.86. The molecule has 1 saturated heterocycles. The second-order valence-corrected chi connectivity index (χ2v) is 11.3. The number of para-hydroxylation sites is 2. The molecule has 1 N–H and O–H groups in total. The first-order valence-corrected chi connectivity index (χ1v) is 14.0. The number of nitrogens with one attached hydrogen (secondary N) is 1. The van der Waals surface area contributed by atoms with Crippen LogP contribution >= 0.6 is 0 Å². The summed E-state index contributed by atoms with van der Waals surface area (Å²) in [6.07, 6.45) is 11.7. The van der Waals surface area contributed by atoms with Gasteiger partial charge in [0.05, 0.1) is 32.6 Å². The van der Waals surface area contributed by atoms with Crippen LogP contribution in [-0.2, 0) is 4.79 Å². The zero-order valence-electron chi connectivity index (χ0n) is 22.5. The molecule has 1 fully saturated rings. The number of ether oxygens (including phenoxy) is 1. The Morgan fingerprint density at radius 2 is 1.50 bits per heavy atom. The summed E-state index contributed by atoms with van der Waals surface area (Å²) in [5, 5.41) is 3.42. The highest BCUT2D eigenvalue weighted by atomic mass is 127. The van der Waals surface area contributed by atoms with Gasteiger partial charge in [0.25, 0.3) is 0 Å². The molecule has 0 aromatic heterocycles. The van der Waals surface area contributed by atoms with E-state index >= 15 is 0 Å². The number of rotatable bonds is 11. The normalized spacial score (nSPS) is 21.9. The van der Waals surface area contributed by atoms with E-state index in [0.717, 1.165) is 59.0 Å². The lowest BCUT2D eigenvalue weighted by Gasteiger charge is -2.42. The van der Waals surface area contributed by atoms with Crippen LogP contribution in [0.15, 0.2) is 48.5 Å². The first-order chi connectivity index (χ1) is 17.0. The van der Waals surface area contributed by atoms with Crippen molar-refractivity contribution in [3.05, 3.63) is 59.7 Å². The van der Waals surface area contributed by atoms with E-state index in [2.05, 4.69) is 26.2 Å². The van der Waals surface area contributed by atoms with Gasteiger partial charge in [-0.05, 0) is 18.6 Å². The van der Waals surface area contributed by atoms with Crippen LogP contribution in [0, 0.1) is 5.92 Å². The van der Waals surface area contributed by atoms with Crippen LogP contribution < -0.4 is 34.0 Å². The van der Waals surface area contributed by atoms with Gasteiger partial charge in [0.15, 0.2) is 0 Å². The van der Waals surface area contributed by atoms with Gasteiger partial charge < -0.3 is 38.5 Å². The Morgan fingerprint density at radius 3 is 2.11 bits per heavy atom. The Labute approximate surface area is 235 Å². The Balaban J connectivity index is 0.00000361. The van der Waals surface area contributed by atoms with Crippen LogP contribution in [0.2, 0.25) is 0 Å². The number of carbonyl (C=O) groups excluding carboxylic acids is 1. The summed E-state index contributed by atoms with van der Waals surface area (Å²) in [6.45, 7) is 8.27. The summed E-state index contributed by atoms with van der Waals surface area (Å²) >= 11 is 0. The molecule has 0 spiro atoms. The molecule has 2 aromatic rings. The molecule has 4 rings (SSSR count). The molecule has 1 unspecified atom stereocenters. The van der Waals surface area contributed by atoms with Gasteiger partial charge in [-0.15, -0.1) is 0 Å². The third kappa shape index (κ3) is 7.47. The summed E-state index contributed by atoms with van der Waals surface area (Å²) in [5.41, 5.74) is 1.92. The quantitative estimate of drug-likeness (QED) is 0.239. The first-order valence-electron chi connectivity index (χ1n) is 14.0. The molecule has 1 amide bonds. The van der Waals surface area contributed by atoms with E-state index in [1.807, 2.05) is 48.5 Å². The molecule has 198 valence electrons. The number of amides is 1. The third-order valence-corrected chi connectivity index (χ3v) is 8.13. The fourth-order valence-electron chi connectivity index (χ4n) is 6.11. The van der Waals surface area contributed by atoms with Crippen molar-refractivity contribution in [3.63, 3.8) is 0 Å². The van der Waals surface area contributed by atoms with Crippen LogP contribution in [0.5, 0.6) is 11.5 Å². The maximum atomic E-state index is 13.6. The minimum Gasteiger partial charge on any atom is -1.00 e. The van der Waals surface area contributed by atoms with Crippen molar-refractivity contribution in [2.75, 3.05) is 26.7 Å². The van der Waals surface area contributed by atoms with E-state index in [1.54, 1.807) is 0 Å². The molecule has 2 aromatic carbocycles. The topological polar surface area (TPSA) is 38.3 Å². The summed E-state index contributed by atoms with van der Waals surface area (Å²) in [6, 6.07) is 16.1. The highest BCUT2D eigenvalue weighted by Crippen LogP contribution is 2.44. The van der Waals surface area contributed by atoms with Crippen molar-refractivity contribution in [1.29, 1.82) is 0 Å². The monoisotopic (exact) mass is 604 g/mol. The zero-order chi connectivity index (χ0) is 24.7. The average molecular weight is 605 g/mol. The van der Waals surface area contributed by atoms with Crippen molar-refractivity contribution in [1.82, 2.24) is 5.32 Å². The molecule has 4 nitrogen and oxygen atoms in total. The Hall–Kier alpha value is -1.60. The minimum atomic E-state index is -0.309. The number of fused-ring (bicyclic) bond motifs is 2. The zero-order valence-corrected chi connectivity index (χ0v) is 24.6. The van der Waals surface area contributed by atoms with Crippen molar-refractivity contribution in [2.24, 2.45) is 5.92 Å². The molecule has 2 heterocycles. The molecule has 5 heteroatoms. The number of unbranched alkanes of at least 4 members (excludes halogenated alkanes) is 5. The van der Waals surface area contributed by atoms with E-state index in [4.69, 9.17) is 4.74 Å². The fraction of sp³-hybridized carbons (Fsp3) is 0.581. The van der Waals surface area contributed by atoms with Crippen molar-refractivity contribution >= 4 is 5.91 Å². The van der Waals surface area contributed by atoms with Gasteiger partial charge in [-0.2, -0.15) is 0 Å². The Bertz CT molecular complexity index is 925. The van der Waals surface area contributed by atoms with Crippen LogP contribution in [0.25, 0.3) is 0 Å². The smallest absolute Gasteiger partial charge is 0.232 e. The Morgan fingerprint density at radius 1 is 0.944 bits per heavy atom. The Kier molecular flexibility index (Phi) is 11.1. The van der Waals surface area contributed by atoms with Crippen LogP contribution in [-0.4, -0.2) is 43.1 Å². The molecular formula is C31H45IN2O2. The fourth-order valence-corrected chi connectivity index (χ4v) is 6.11. The van der Waals surface area contributed by atoms with E-state index < -0.39 is 0 Å². The summed E-state index contributed by atoms with van der Waals surface area (Å²) in [7, 11) is 2.42. The standard InChI is InChI=1S/C31H44N2O2.HI/c1-4-5-6-7-8-9-14-24(2)23-33(3)21-19-25(20-22-33)32-31(34)30-26-15-10-12-17-28(26)35-29-18-13-11-16-27(29)30;/h10-13,15-18,24-25,30H,4-9,14,19-23H2,1-3H3;1H. The average Bonchev–Trinajstić information content (AvgIpc) is 2.86. The predicted molar refractivity (Wildman–Crippen MR) is 144 cm³/mol. The molecule has 0 aliphatic carbocycles. The van der Waals surface area contributed by atoms with Crippen LogP contribution in [0.1, 0.15) is 88.7 Å². The molecule has 0 radical (unpaired) electrons. The van der Waals surface area contributed by atoms with Crippen molar-refractivity contribution < 1.29 is 38.0 Å². The molecule has 2 aliphatic heterocycles. The number of benzene rings is 2. The highest BCUT2D eigenvalue weighted by Gasteiger charge is 2.36. The lowest BCUT2D eigenvalue weighted by Crippen LogP contribution is -3.00. The van der Waals surface area contributed by atoms with Gasteiger partial charge in [0.2, 0.25) is 5.91 Å². The minimum absolute atomic E-state index is 0. The second kappa shape index (κ2) is 13.8. The van der Waals surface area contributed by atoms with E-state index in [0.29, 0.717) is 0 Å². The summed E-state index contributed by atoms with van der Waals surface area (Å²) < 4.78 is 7.23. The van der Waals surface area contributed by atoms with Gasteiger partial charge in [-0.25, -0.2) is 0 Å². The third-order valence-electron chi connectivity index (χ3n) is 8.13. The maximum Gasteiger partial charge on any atom is 0.232 e. The number of carbonyl (C=O) groups is 1. The van der Waals surface area contributed by atoms with Gasteiger partial charge in [-0.1, -0.05) is 88.8 Å². The summed E-state index contributed by atoms with van der Waals surface area (Å²) in [5.74, 6) is 2.15. The number of piperidine rings is 1. The number of halogens is 1. The molecule has 0 bridgehead atoms. The molecule has 2 aliphatic rings. The van der Waals surface area contributed by atoms with E-state index in [9.17, 15) is 4.79 Å². The highest BCUT2D eigenvalue weighted by molar-refractivity contribution is 5.89. The van der Waals surface area contributed by atoms with Gasteiger partial charge in [0, 0.05) is 35.9 Å². The number of hydrogen-bond donors (Lipinski definition) is 1. The van der Waals surface area contributed by atoms with Crippen LogP contribution in [0.4, 0.5) is 0 Å². The number of quaternary nitrogens is 1. The number of hydrogen-bond acceptors (Lipinski definition) is 2. The van der Waals surface area contributed by atoms with Gasteiger partial charge in [0.1, 0.15) is 11.5 Å². The molecule has 36 heavy (non-hydrogen) atoms. The van der Waals surface area contributed by atoms with Gasteiger partial charge >= 0.3 is 0 Å². The second-order valence-electron chi connectivity index (χ2n) is 11.3. The number of likely N-dealkylation sites (tertiary alicyclic amines) is 1. The largest absolute Gasteiger partial charge is 1.00 e. The SMILES string of the molecule is CCCCCCCCC(C)C[N+]1(C)CCC(NC(=O)C2c3ccccc3Oc3ccccc32)CC1.[I-]. The molecule has 1 atom stereocenters. The van der Waals surface area contributed by atoms with Gasteiger partial charge in [-0.3, -0.25) is 4.79 Å². The van der Waals surface area contributed by atoms with Crippen LogP contribution in [0.3, 0.4) is 0 Å². The first kappa shape index (κ1) is 29.0. The van der Waals surface area contributed by atoms with E-state index in [1.165, 1.54) is 51.5 Å². The van der Waals surface area contributed by atoms with Crippen molar-refractivity contribution in [3.8, 4) is 11.5 Å².